The Morgan fingerprint density at radius 3 is 2.62 bits per heavy atom. The summed E-state index contributed by atoms with van der Waals surface area (Å²) in [5, 5.41) is 0. The van der Waals surface area contributed by atoms with Crippen molar-refractivity contribution >= 4 is 5.78 Å². The Bertz CT molecular complexity index is 326. The van der Waals surface area contributed by atoms with E-state index in [1.54, 1.807) is 6.92 Å². The van der Waals surface area contributed by atoms with E-state index < -0.39 is 0 Å². The summed E-state index contributed by atoms with van der Waals surface area (Å²) in [6.45, 7) is 11.3. The molecule has 1 aliphatic carbocycles. The fraction of sp³-hybridized carbons (Fsp3) is 0.643. The molecule has 0 heterocycles. The molecule has 0 radical (unpaired) electrons. The maximum atomic E-state index is 11.5. The SMILES string of the molecule is CCN(C1=CC(C)=CC(C(C)=O)C1)C(C)C. The summed E-state index contributed by atoms with van der Waals surface area (Å²) < 4.78 is 0. The van der Waals surface area contributed by atoms with Gasteiger partial charge in [-0.05, 0) is 40.7 Å². The molecule has 0 spiro atoms. The molecule has 1 rings (SSSR count). The van der Waals surface area contributed by atoms with E-state index in [1.165, 1.54) is 11.3 Å². The fourth-order valence-corrected chi connectivity index (χ4v) is 2.33. The summed E-state index contributed by atoms with van der Waals surface area (Å²) in [5.41, 5.74) is 2.51. The van der Waals surface area contributed by atoms with Crippen molar-refractivity contribution in [1.29, 1.82) is 0 Å². The lowest BCUT2D eigenvalue weighted by molar-refractivity contribution is -0.119. The molecule has 0 N–H and O–H groups in total. The number of hydrogen-bond acceptors (Lipinski definition) is 2. The Kier molecular flexibility index (Phi) is 4.34. The van der Waals surface area contributed by atoms with Gasteiger partial charge in [-0.1, -0.05) is 11.6 Å². The zero-order valence-corrected chi connectivity index (χ0v) is 11.1. The average Bonchev–Trinajstić information content (AvgIpc) is 2.17. The minimum atomic E-state index is 0.0767. The van der Waals surface area contributed by atoms with Crippen molar-refractivity contribution < 1.29 is 4.79 Å². The molecule has 0 aromatic carbocycles. The maximum absolute atomic E-state index is 11.5. The van der Waals surface area contributed by atoms with Crippen molar-refractivity contribution in [3.05, 3.63) is 23.4 Å². The zero-order valence-electron chi connectivity index (χ0n) is 11.1. The first-order valence-electron chi connectivity index (χ1n) is 6.11. The van der Waals surface area contributed by atoms with E-state index >= 15 is 0 Å². The highest BCUT2D eigenvalue weighted by atomic mass is 16.1. The normalized spacial score (nSPS) is 20.5. The van der Waals surface area contributed by atoms with E-state index in [0.29, 0.717) is 6.04 Å². The van der Waals surface area contributed by atoms with Crippen LogP contribution in [0.2, 0.25) is 0 Å². The monoisotopic (exact) mass is 221 g/mol. The van der Waals surface area contributed by atoms with Gasteiger partial charge in [-0.25, -0.2) is 0 Å². The second kappa shape index (κ2) is 5.33. The summed E-state index contributed by atoms with van der Waals surface area (Å²) in [6, 6.07) is 0.495. The van der Waals surface area contributed by atoms with E-state index in [9.17, 15) is 4.79 Å². The smallest absolute Gasteiger partial charge is 0.137 e. The van der Waals surface area contributed by atoms with E-state index in [1.807, 2.05) is 0 Å². The minimum absolute atomic E-state index is 0.0767. The molecule has 2 heteroatoms. The number of nitrogens with zero attached hydrogens (tertiary/aromatic N) is 1. The number of rotatable bonds is 4. The van der Waals surface area contributed by atoms with Crippen LogP contribution in [0.15, 0.2) is 23.4 Å². The zero-order chi connectivity index (χ0) is 12.3. The molecule has 16 heavy (non-hydrogen) atoms. The van der Waals surface area contributed by atoms with Gasteiger partial charge in [-0.3, -0.25) is 4.79 Å². The van der Waals surface area contributed by atoms with Crippen molar-refractivity contribution in [3.8, 4) is 0 Å². The van der Waals surface area contributed by atoms with Crippen LogP contribution >= 0.6 is 0 Å². The molecule has 1 atom stereocenters. The lowest BCUT2D eigenvalue weighted by atomic mass is 9.90. The van der Waals surface area contributed by atoms with E-state index in [2.05, 4.69) is 44.7 Å². The lowest BCUT2D eigenvalue weighted by Gasteiger charge is -2.33. The maximum Gasteiger partial charge on any atom is 0.137 e. The Morgan fingerprint density at radius 1 is 1.56 bits per heavy atom. The Morgan fingerprint density at radius 2 is 2.19 bits per heavy atom. The van der Waals surface area contributed by atoms with Crippen LogP contribution in [0.5, 0.6) is 0 Å². The number of carbonyl (C=O) groups excluding carboxylic acids is 1. The highest BCUT2D eigenvalue weighted by Crippen LogP contribution is 2.26. The highest BCUT2D eigenvalue weighted by Gasteiger charge is 2.21. The van der Waals surface area contributed by atoms with Crippen LogP contribution in [-0.2, 0) is 4.79 Å². The second-order valence-corrected chi connectivity index (χ2v) is 4.85. The molecular weight excluding hydrogens is 198 g/mol. The van der Waals surface area contributed by atoms with Gasteiger partial charge in [-0.15, -0.1) is 0 Å². The number of allylic oxidation sites excluding steroid dienone is 4. The number of Topliss-reactive ketones (excluding diaryl/α,β-unsaturated/α-hetero) is 1. The molecule has 1 unspecified atom stereocenters. The molecule has 0 aliphatic heterocycles. The molecule has 0 fully saturated rings. The van der Waals surface area contributed by atoms with Crippen LogP contribution in [0.3, 0.4) is 0 Å². The van der Waals surface area contributed by atoms with Crippen LogP contribution < -0.4 is 0 Å². The first-order chi connectivity index (χ1) is 7.45. The lowest BCUT2D eigenvalue weighted by Crippen LogP contribution is -2.32. The number of hydrogen-bond donors (Lipinski definition) is 0. The molecule has 0 aromatic heterocycles. The van der Waals surface area contributed by atoms with E-state index in [4.69, 9.17) is 0 Å². The third kappa shape index (κ3) is 2.97. The average molecular weight is 221 g/mol. The van der Waals surface area contributed by atoms with Crippen molar-refractivity contribution in [1.82, 2.24) is 4.90 Å². The Labute approximate surface area is 99.0 Å². The second-order valence-electron chi connectivity index (χ2n) is 4.85. The van der Waals surface area contributed by atoms with Gasteiger partial charge < -0.3 is 4.90 Å². The summed E-state index contributed by atoms with van der Waals surface area (Å²) in [5.74, 6) is 0.345. The summed E-state index contributed by atoms with van der Waals surface area (Å²) in [6.07, 6.45) is 5.15. The van der Waals surface area contributed by atoms with Gasteiger partial charge in [-0.2, -0.15) is 0 Å². The number of carbonyl (C=O) groups is 1. The highest BCUT2D eigenvalue weighted by molar-refractivity contribution is 5.81. The molecule has 0 amide bonds. The van der Waals surface area contributed by atoms with E-state index in [-0.39, 0.29) is 11.7 Å². The van der Waals surface area contributed by atoms with Crippen molar-refractivity contribution in [2.75, 3.05) is 6.54 Å². The van der Waals surface area contributed by atoms with Gasteiger partial charge in [0.05, 0.1) is 0 Å². The van der Waals surface area contributed by atoms with Crippen LogP contribution in [0.25, 0.3) is 0 Å². The molecule has 0 bridgehead atoms. The van der Waals surface area contributed by atoms with Crippen LogP contribution in [0.1, 0.15) is 41.0 Å². The summed E-state index contributed by atoms with van der Waals surface area (Å²) in [7, 11) is 0. The predicted octanol–water partition coefficient (Wildman–Crippen LogP) is 3.16. The van der Waals surface area contributed by atoms with Gasteiger partial charge in [0.1, 0.15) is 5.78 Å². The molecule has 1 aliphatic rings. The van der Waals surface area contributed by atoms with E-state index in [0.717, 1.165) is 13.0 Å². The molecule has 2 nitrogen and oxygen atoms in total. The van der Waals surface area contributed by atoms with Gasteiger partial charge in [0.15, 0.2) is 0 Å². The minimum Gasteiger partial charge on any atom is -0.373 e. The van der Waals surface area contributed by atoms with Crippen LogP contribution in [-0.4, -0.2) is 23.3 Å². The molecule has 0 aromatic rings. The third-order valence-corrected chi connectivity index (χ3v) is 3.14. The molecule has 90 valence electrons. The Balaban J connectivity index is 2.90. The van der Waals surface area contributed by atoms with Gasteiger partial charge >= 0.3 is 0 Å². The largest absolute Gasteiger partial charge is 0.373 e. The van der Waals surface area contributed by atoms with Crippen molar-refractivity contribution in [2.24, 2.45) is 5.92 Å². The predicted molar refractivity (Wildman–Crippen MR) is 68.1 cm³/mol. The van der Waals surface area contributed by atoms with Crippen molar-refractivity contribution in [3.63, 3.8) is 0 Å². The first-order valence-corrected chi connectivity index (χ1v) is 6.11. The standard InChI is InChI=1S/C14H23NO/c1-6-15(10(2)3)14-8-11(4)7-13(9-14)12(5)16/h7-8,10,13H,6,9H2,1-5H3. The quantitative estimate of drug-likeness (QED) is 0.727. The van der Waals surface area contributed by atoms with Crippen molar-refractivity contribution in [2.45, 2.75) is 47.1 Å². The van der Waals surface area contributed by atoms with Crippen LogP contribution in [0.4, 0.5) is 0 Å². The summed E-state index contributed by atoms with van der Waals surface area (Å²) in [4.78, 5) is 13.8. The molecular formula is C14H23NO. The number of ketones is 1. The molecule has 0 saturated carbocycles. The first kappa shape index (κ1) is 13.0. The summed E-state index contributed by atoms with van der Waals surface area (Å²) >= 11 is 0. The fourth-order valence-electron chi connectivity index (χ4n) is 2.33. The van der Waals surface area contributed by atoms with Gasteiger partial charge in [0.2, 0.25) is 0 Å². The third-order valence-electron chi connectivity index (χ3n) is 3.14. The molecule has 0 saturated heterocycles. The Hall–Kier alpha value is -1.05. The van der Waals surface area contributed by atoms with Gasteiger partial charge in [0.25, 0.3) is 0 Å². The topological polar surface area (TPSA) is 20.3 Å². The van der Waals surface area contributed by atoms with Crippen LogP contribution in [0, 0.1) is 5.92 Å². The van der Waals surface area contributed by atoms with Gasteiger partial charge in [0, 0.05) is 30.6 Å².